The Hall–Kier alpha value is -3.68. The SMILES string of the molecule is CCOc1ccccc1C(=O)NCC(=O)OCC(=O)c1ccc2c(c1)[C@H](C)C(=O)N2. The zero-order chi connectivity index (χ0) is 21.7. The number of anilines is 1. The van der Waals surface area contributed by atoms with Crippen LogP contribution in [0.3, 0.4) is 0 Å². The van der Waals surface area contributed by atoms with E-state index >= 15 is 0 Å². The summed E-state index contributed by atoms with van der Waals surface area (Å²) in [5, 5.41) is 5.19. The number of benzene rings is 2. The summed E-state index contributed by atoms with van der Waals surface area (Å²) in [5.41, 5.74) is 2.06. The van der Waals surface area contributed by atoms with Crippen LogP contribution in [0.25, 0.3) is 0 Å². The van der Waals surface area contributed by atoms with Crippen LogP contribution in [0.4, 0.5) is 5.69 Å². The summed E-state index contributed by atoms with van der Waals surface area (Å²) in [6.07, 6.45) is 0. The van der Waals surface area contributed by atoms with Crippen molar-refractivity contribution in [2.24, 2.45) is 0 Å². The molecule has 0 bridgehead atoms. The summed E-state index contributed by atoms with van der Waals surface area (Å²) < 4.78 is 10.4. The number of ketones is 1. The lowest BCUT2D eigenvalue weighted by Crippen LogP contribution is -2.31. The number of esters is 1. The van der Waals surface area contributed by atoms with Gasteiger partial charge in [-0.3, -0.25) is 19.2 Å². The van der Waals surface area contributed by atoms with E-state index in [2.05, 4.69) is 10.6 Å². The number of Topliss-reactive ketones (excluding diaryl/α,β-unsaturated/α-hetero) is 1. The fourth-order valence-corrected chi connectivity index (χ4v) is 3.05. The third-order valence-electron chi connectivity index (χ3n) is 4.68. The lowest BCUT2D eigenvalue weighted by atomic mass is 9.99. The van der Waals surface area contributed by atoms with Crippen molar-refractivity contribution < 1.29 is 28.7 Å². The number of fused-ring (bicyclic) bond motifs is 1. The number of amides is 2. The first-order valence-electron chi connectivity index (χ1n) is 9.54. The molecule has 2 N–H and O–H groups in total. The topological polar surface area (TPSA) is 111 Å². The van der Waals surface area contributed by atoms with Gasteiger partial charge in [-0.1, -0.05) is 12.1 Å². The Morgan fingerprint density at radius 1 is 1.13 bits per heavy atom. The lowest BCUT2D eigenvalue weighted by molar-refractivity contribution is -0.141. The van der Waals surface area contributed by atoms with Crippen LogP contribution < -0.4 is 15.4 Å². The number of ether oxygens (including phenoxy) is 2. The van der Waals surface area contributed by atoms with Crippen molar-refractivity contribution in [3.8, 4) is 5.75 Å². The van der Waals surface area contributed by atoms with Gasteiger partial charge in [0.15, 0.2) is 12.4 Å². The summed E-state index contributed by atoms with van der Waals surface area (Å²) >= 11 is 0. The lowest BCUT2D eigenvalue weighted by Gasteiger charge is -2.10. The van der Waals surface area contributed by atoms with Crippen LogP contribution in [0, 0.1) is 0 Å². The monoisotopic (exact) mass is 410 g/mol. The van der Waals surface area contributed by atoms with Crippen LogP contribution >= 0.6 is 0 Å². The second-order valence-corrected chi connectivity index (χ2v) is 6.71. The normalized spacial score (nSPS) is 14.5. The summed E-state index contributed by atoms with van der Waals surface area (Å²) in [4.78, 5) is 48.2. The molecule has 30 heavy (non-hydrogen) atoms. The number of nitrogens with one attached hydrogen (secondary N) is 2. The van der Waals surface area contributed by atoms with E-state index in [0.717, 1.165) is 5.56 Å². The summed E-state index contributed by atoms with van der Waals surface area (Å²) in [5.74, 6) is -1.66. The fourth-order valence-electron chi connectivity index (χ4n) is 3.05. The van der Waals surface area contributed by atoms with Crippen molar-refractivity contribution in [3.63, 3.8) is 0 Å². The van der Waals surface area contributed by atoms with E-state index in [1.807, 2.05) is 0 Å². The number of rotatable bonds is 8. The molecule has 0 fully saturated rings. The molecule has 0 aliphatic carbocycles. The van der Waals surface area contributed by atoms with Crippen LogP contribution in [0.15, 0.2) is 42.5 Å². The maximum absolute atomic E-state index is 12.3. The average molecular weight is 410 g/mol. The predicted molar refractivity (Wildman–Crippen MR) is 109 cm³/mol. The van der Waals surface area contributed by atoms with E-state index in [-0.39, 0.29) is 18.4 Å². The predicted octanol–water partition coefficient (Wildman–Crippen LogP) is 2.30. The maximum atomic E-state index is 12.3. The van der Waals surface area contributed by atoms with Gasteiger partial charge in [0.2, 0.25) is 5.91 Å². The van der Waals surface area contributed by atoms with Crippen molar-refractivity contribution in [2.75, 3.05) is 25.1 Å². The molecule has 2 aromatic rings. The number of hydrogen-bond donors (Lipinski definition) is 2. The van der Waals surface area contributed by atoms with E-state index < -0.39 is 24.3 Å². The molecular weight excluding hydrogens is 388 g/mol. The van der Waals surface area contributed by atoms with Crippen LogP contribution in [0.2, 0.25) is 0 Å². The smallest absolute Gasteiger partial charge is 0.325 e. The molecule has 156 valence electrons. The fraction of sp³-hybridized carbons (Fsp3) is 0.273. The maximum Gasteiger partial charge on any atom is 0.325 e. The minimum Gasteiger partial charge on any atom is -0.493 e. The molecule has 8 nitrogen and oxygen atoms in total. The quantitative estimate of drug-likeness (QED) is 0.510. The summed E-state index contributed by atoms with van der Waals surface area (Å²) in [7, 11) is 0. The Balaban J connectivity index is 1.51. The van der Waals surface area contributed by atoms with E-state index in [9.17, 15) is 19.2 Å². The van der Waals surface area contributed by atoms with Crippen LogP contribution in [-0.4, -0.2) is 43.3 Å². The molecule has 8 heteroatoms. The Labute approximate surface area is 173 Å². The molecule has 0 unspecified atom stereocenters. The largest absolute Gasteiger partial charge is 0.493 e. The molecule has 0 spiro atoms. The Morgan fingerprint density at radius 2 is 1.90 bits per heavy atom. The number of carbonyl (C=O) groups is 4. The van der Waals surface area contributed by atoms with E-state index in [4.69, 9.17) is 9.47 Å². The second-order valence-electron chi connectivity index (χ2n) is 6.71. The molecular formula is C22H22N2O6. The third-order valence-corrected chi connectivity index (χ3v) is 4.68. The molecule has 1 atom stereocenters. The third kappa shape index (κ3) is 4.65. The van der Waals surface area contributed by atoms with Crippen molar-refractivity contribution in [1.82, 2.24) is 5.32 Å². The molecule has 0 saturated carbocycles. The van der Waals surface area contributed by atoms with Gasteiger partial charge >= 0.3 is 5.97 Å². The zero-order valence-electron chi connectivity index (χ0n) is 16.7. The number of para-hydroxylation sites is 1. The standard InChI is InChI=1S/C22H22N2O6/c1-3-29-19-7-5-4-6-15(19)22(28)23-11-20(26)30-12-18(25)14-8-9-17-16(10-14)13(2)21(27)24-17/h4-10,13H,3,11-12H2,1-2H3,(H,23,28)(H,24,27)/t13-/m0/s1. The molecule has 3 rings (SSSR count). The first-order valence-corrected chi connectivity index (χ1v) is 9.54. The van der Waals surface area contributed by atoms with Crippen LogP contribution in [0.5, 0.6) is 5.75 Å². The number of hydrogen-bond acceptors (Lipinski definition) is 6. The Bertz CT molecular complexity index is 1000. The van der Waals surface area contributed by atoms with Crippen molar-refractivity contribution in [1.29, 1.82) is 0 Å². The first kappa shape index (κ1) is 21.0. The van der Waals surface area contributed by atoms with Gasteiger partial charge in [0.1, 0.15) is 12.3 Å². The molecule has 2 aromatic carbocycles. The van der Waals surface area contributed by atoms with Crippen LogP contribution in [-0.2, 0) is 14.3 Å². The van der Waals surface area contributed by atoms with Gasteiger partial charge in [-0.2, -0.15) is 0 Å². The molecule has 1 aliphatic rings. The van der Waals surface area contributed by atoms with Crippen molar-refractivity contribution in [2.45, 2.75) is 19.8 Å². The molecule has 0 saturated heterocycles. The van der Waals surface area contributed by atoms with E-state index in [1.165, 1.54) is 0 Å². The highest BCUT2D eigenvalue weighted by Gasteiger charge is 2.27. The molecule has 2 amide bonds. The Kier molecular flexibility index (Phi) is 6.46. The van der Waals surface area contributed by atoms with Gasteiger partial charge < -0.3 is 20.1 Å². The van der Waals surface area contributed by atoms with Gasteiger partial charge in [0.05, 0.1) is 18.1 Å². The minimum absolute atomic E-state index is 0.123. The highest BCUT2D eigenvalue weighted by Crippen LogP contribution is 2.32. The van der Waals surface area contributed by atoms with Crippen LogP contribution in [0.1, 0.15) is 46.0 Å². The van der Waals surface area contributed by atoms with Gasteiger partial charge in [0.25, 0.3) is 5.91 Å². The summed E-state index contributed by atoms with van der Waals surface area (Å²) in [6, 6.07) is 11.5. The minimum atomic E-state index is -0.739. The first-order chi connectivity index (χ1) is 14.4. The molecule has 0 aromatic heterocycles. The highest BCUT2D eigenvalue weighted by molar-refractivity contribution is 6.05. The van der Waals surface area contributed by atoms with E-state index in [0.29, 0.717) is 29.2 Å². The zero-order valence-corrected chi connectivity index (χ0v) is 16.7. The van der Waals surface area contributed by atoms with Gasteiger partial charge in [-0.05, 0) is 49.7 Å². The van der Waals surface area contributed by atoms with Gasteiger partial charge in [-0.15, -0.1) is 0 Å². The Morgan fingerprint density at radius 3 is 2.67 bits per heavy atom. The molecule has 0 radical (unpaired) electrons. The highest BCUT2D eigenvalue weighted by atomic mass is 16.5. The number of carbonyl (C=O) groups excluding carboxylic acids is 4. The second kappa shape index (κ2) is 9.21. The van der Waals surface area contributed by atoms with Gasteiger partial charge in [-0.25, -0.2) is 0 Å². The van der Waals surface area contributed by atoms with Crippen molar-refractivity contribution in [3.05, 3.63) is 59.2 Å². The van der Waals surface area contributed by atoms with Gasteiger partial charge in [0, 0.05) is 11.3 Å². The summed E-state index contributed by atoms with van der Waals surface area (Å²) in [6.45, 7) is 3.12. The average Bonchev–Trinajstić information content (AvgIpc) is 3.04. The van der Waals surface area contributed by atoms with Crippen molar-refractivity contribution >= 4 is 29.3 Å². The van der Waals surface area contributed by atoms with E-state index in [1.54, 1.807) is 56.3 Å². The molecule has 1 heterocycles. The molecule has 1 aliphatic heterocycles.